The average Bonchev–Trinajstić information content (AvgIpc) is 2.98. The van der Waals surface area contributed by atoms with Crippen LogP contribution in [-0.4, -0.2) is 4.98 Å². The molecule has 1 aromatic carbocycles. The second-order valence-corrected chi connectivity index (χ2v) is 7.03. The molecule has 0 radical (unpaired) electrons. The molecule has 1 aromatic heterocycles. The Kier molecular flexibility index (Phi) is 4.61. The minimum Gasteiger partial charge on any atom is -0.258 e. The van der Waals surface area contributed by atoms with Crippen LogP contribution in [0.1, 0.15) is 66.1 Å². The minimum absolute atomic E-state index is 0.518. The second kappa shape index (κ2) is 6.64. The molecular weight excluding hydrogens is 266 g/mol. The highest BCUT2D eigenvalue weighted by Gasteiger charge is 2.23. The smallest absolute Gasteiger partial charge is 0.0378 e. The first-order valence-electron chi connectivity index (χ1n) is 8.63. The van der Waals surface area contributed by atoms with E-state index in [1.54, 1.807) is 0 Å². The molecule has 1 heterocycles. The van der Waals surface area contributed by atoms with Gasteiger partial charge in [-0.05, 0) is 56.4 Å². The summed E-state index contributed by atoms with van der Waals surface area (Å²) in [5.74, 6) is 1.41. The summed E-state index contributed by atoms with van der Waals surface area (Å²) in [5, 5.41) is 0. The Hall–Kier alpha value is -1.63. The van der Waals surface area contributed by atoms with E-state index in [-0.39, 0.29) is 0 Å². The lowest BCUT2D eigenvalue weighted by Gasteiger charge is -2.22. The average molecular weight is 293 g/mol. The SMILES string of the molecule is Cc1ccc(C(CC2CCCC2)c2cc(C)nc(C)c2)cc1. The molecule has 0 spiro atoms. The fraction of sp³-hybridized carbons (Fsp3) is 0.476. The van der Waals surface area contributed by atoms with Crippen LogP contribution in [0.25, 0.3) is 0 Å². The molecule has 116 valence electrons. The van der Waals surface area contributed by atoms with Crippen molar-refractivity contribution in [2.24, 2.45) is 5.92 Å². The van der Waals surface area contributed by atoms with Crippen molar-refractivity contribution in [2.45, 2.75) is 58.8 Å². The number of pyridine rings is 1. The summed E-state index contributed by atoms with van der Waals surface area (Å²) in [4.78, 5) is 4.56. The van der Waals surface area contributed by atoms with Crippen LogP contribution in [0.5, 0.6) is 0 Å². The van der Waals surface area contributed by atoms with Gasteiger partial charge >= 0.3 is 0 Å². The van der Waals surface area contributed by atoms with Gasteiger partial charge < -0.3 is 0 Å². The number of benzene rings is 1. The van der Waals surface area contributed by atoms with E-state index >= 15 is 0 Å². The molecule has 1 nitrogen and oxygen atoms in total. The zero-order chi connectivity index (χ0) is 15.5. The number of hydrogen-bond donors (Lipinski definition) is 0. The monoisotopic (exact) mass is 293 g/mol. The van der Waals surface area contributed by atoms with E-state index in [0.29, 0.717) is 5.92 Å². The molecule has 1 aliphatic rings. The van der Waals surface area contributed by atoms with E-state index < -0.39 is 0 Å². The summed E-state index contributed by atoms with van der Waals surface area (Å²) in [6.45, 7) is 6.38. The van der Waals surface area contributed by atoms with E-state index in [2.05, 4.69) is 62.2 Å². The lowest BCUT2D eigenvalue weighted by molar-refractivity contribution is 0.472. The number of hydrogen-bond acceptors (Lipinski definition) is 1. The van der Waals surface area contributed by atoms with Gasteiger partial charge in [0.1, 0.15) is 0 Å². The van der Waals surface area contributed by atoms with Gasteiger partial charge in [-0.1, -0.05) is 55.5 Å². The molecule has 0 bridgehead atoms. The maximum atomic E-state index is 4.56. The Bertz CT molecular complexity index is 601. The van der Waals surface area contributed by atoms with E-state index in [1.165, 1.54) is 48.8 Å². The van der Waals surface area contributed by atoms with Crippen molar-refractivity contribution in [1.82, 2.24) is 4.98 Å². The molecule has 1 atom stereocenters. The topological polar surface area (TPSA) is 12.9 Å². The van der Waals surface area contributed by atoms with Gasteiger partial charge in [0.05, 0.1) is 0 Å². The summed E-state index contributed by atoms with van der Waals surface area (Å²) in [5.41, 5.74) is 6.52. The highest BCUT2D eigenvalue weighted by atomic mass is 14.7. The molecule has 1 aliphatic carbocycles. The number of rotatable bonds is 4. The minimum atomic E-state index is 0.518. The lowest BCUT2D eigenvalue weighted by Crippen LogP contribution is -2.08. The maximum absolute atomic E-state index is 4.56. The van der Waals surface area contributed by atoms with Crippen molar-refractivity contribution >= 4 is 0 Å². The molecular formula is C21H27N. The van der Waals surface area contributed by atoms with Crippen LogP contribution in [0.2, 0.25) is 0 Å². The van der Waals surface area contributed by atoms with Crippen LogP contribution in [0.3, 0.4) is 0 Å². The van der Waals surface area contributed by atoms with Crippen molar-refractivity contribution in [2.75, 3.05) is 0 Å². The van der Waals surface area contributed by atoms with E-state index in [1.807, 2.05) is 0 Å². The van der Waals surface area contributed by atoms with Crippen molar-refractivity contribution in [3.63, 3.8) is 0 Å². The third-order valence-corrected chi connectivity index (χ3v) is 5.03. The van der Waals surface area contributed by atoms with Gasteiger partial charge in [-0.3, -0.25) is 4.98 Å². The Morgan fingerprint density at radius 3 is 2.09 bits per heavy atom. The molecule has 2 aromatic rings. The van der Waals surface area contributed by atoms with Crippen LogP contribution >= 0.6 is 0 Å². The molecule has 22 heavy (non-hydrogen) atoms. The Morgan fingerprint density at radius 2 is 1.50 bits per heavy atom. The molecule has 1 heteroatoms. The first-order valence-corrected chi connectivity index (χ1v) is 8.63. The van der Waals surface area contributed by atoms with Crippen LogP contribution in [0.4, 0.5) is 0 Å². The number of aromatic nitrogens is 1. The molecule has 0 amide bonds. The predicted molar refractivity (Wildman–Crippen MR) is 93.3 cm³/mol. The third-order valence-electron chi connectivity index (χ3n) is 5.03. The van der Waals surface area contributed by atoms with E-state index in [4.69, 9.17) is 0 Å². The quantitative estimate of drug-likeness (QED) is 0.702. The van der Waals surface area contributed by atoms with Gasteiger partial charge in [0.25, 0.3) is 0 Å². The summed E-state index contributed by atoms with van der Waals surface area (Å²) < 4.78 is 0. The normalized spacial score (nSPS) is 16.9. The fourth-order valence-corrected chi connectivity index (χ4v) is 3.91. The van der Waals surface area contributed by atoms with Crippen LogP contribution in [-0.2, 0) is 0 Å². The first-order chi connectivity index (χ1) is 10.6. The summed E-state index contributed by atoms with van der Waals surface area (Å²) in [7, 11) is 0. The lowest BCUT2D eigenvalue weighted by atomic mass is 9.82. The van der Waals surface area contributed by atoms with Gasteiger partial charge in [-0.25, -0.2) is 0 Å². The Morgan fingerprint density at radius 1 is 0.909 bits per heavy atom. The summed E-state index contributed by atoms with van der Waals surface area (Å²) in [6.07, 6.45) is 6.93. The molecule has 1 fully saturated rings. The molecule has 1 unspecified atom stereocenters. The van der Waals surface area contributed by atoms with Crippen LogP contribution < -0.4 is 0 Å². The first kappa shape index (κ1) is 15.3. The zero-order valence-corrected chi connectivity index (χ0v) is 14.1. The van der Waals surface area contributed by atoms with E-state index in [0.717, 1.165) is 17.3 Å². The van der Waals surface area contributed by atoms with Crippen molar-refractivity contribution in [1.29, 1.82) is 0 Å². The Balaban J connectivity index is 1.95. The largest absolute Gasteiger partial charge is 0.258 e. The van der Waals surface area contributed by atoms with Crippen molar-refractivity contribution in [3.05, 3.63) is 64.5 Å². The van der Waals surface area contributed by atoms with Gasteiger partial charge in [0, 0.05) is 17.3 Å². The van der Waals surface area contributed by atoms with Crippen LogP contribution in [0, 0.1) is 26.7 Å². The molecule has 0 N–H and O–H groups in total. The molecule has 0 saturated heterocycles. The summed E-state index contributed by atoms with van der Waals surface area (Å²) >= 11 is 0. The maximum Gasteiger partial charge on any atom is 0.0378 e. The second-order valence-electron chi connectivity index (χ2n) is 7.03. The zero-order valence-electron chi connectivity index (χ0n) is 14.1. The van der Waals surface area contributed by atoms with Crippen LogP contribution in [0.15, 0.2) is 36.4 Å². The fourth-order valence-electron chi connectivity index (χ4n) is 3.91. The Labute approximate surface area is 134 Å². The van der Waals surface area contributed by atoms with Gasteiger partial charge in [-0.2, -0.15) is 0 Å². The molecule has 0 aliphatic heterocycles. The van der Waals surface area contributed by atoms with Gasteiger partial charge in [0.15, 0.2) is 0 Å². The molecule has 1 saturated carbocycles. The standard InChI is InChI=1S/C21H27N/c1-15-8-10-19(11-9-15)21(14-18-6-4-5-7-18)20-12-16(2)22-17(3)13-20/h8-13,18,21H,4-7,14H2,1-3H3. The highest BCUT2D eigenvalue weighted by molar-refractivity contribution is 5.35. The summed E-state index contributed by atoms with van der Waals surface area (Å²) in [6, 6.07) is 13.7. The van der Waals surface area contributed by atoms with Gasteiger partial charge in [0.2, 0.25) is 0 Å². The number of aryl methyl sites for hydroxylation is 3. The highest BCUT2D eigenvalue weighted by Crippen LogP contribution is 2.38. The number of nitrogens with zero attached hydrogens (tertiary/aromatic N) is 1. The van der Waals surface area contributed by atoms with Crippen molar-refractivity contribution in [3.8, 4) is 0 Å². The van der Waals surface area contributed by atoms with Crippen molar-refractivity contribution < 1.29 is 0 Å². The third kappa shape index (κ3) is 3.58. The molecule has 3 rings (SSSR count). The van der Waals surface area contributed by atoms with E-state index in [9.17, 15) is 0 Å². The van der Waals surface area contributed by atoms with Gasteiger partial charge in [-0.15, -0.1) is 0 Å². The predicted octanol–water partition coefficient (Wildman–Crippen LogP) is 5.72.